The van der Waals surface area contributed by atoms with Gasteiger partial charge in [-0.1, -0.05) is 62.4 Å². The summed E-state index contributed by atoms with van der Waals surface area (Å²) in [7, 11) is 0. The summed E-state index contributed by atoms with van der Waals surface area (Å²) in [6.07, 6.45) is 3.69. The Morgan fingerprint density at radius 1 is 1.08 bits per heavy atom. The summed E-state index contributed by atoms with van der Waals surface area (Å²) in [6.45, 7) is 10.1. The van der Waals surface area contributed by atoms with Crippen LogP contribution in [-0.2, 0) is 11.3 Å². The normalized spacial score (nSPS) is 20.9. The summed E-state index contributed by atoms with van der Waals surface area (Å²) in [4.78, 5) is 22.9. The van der Waals surface area contributed by atoms with Crippen molar-refractivity contribution in [3.8, 4) is 0 Å². The van der Waals surface area contributed by atoms with Gasteiger partial charge in [0.1, 0.15) is 5.82 Å². The van der Waals surface area contributed by atoms with Crippen molar-refractivity contribution in [3.63, 3.8) is 0 Å². The van der Waals surface area contributed by atoms with Crippen molar-refractivity contribution >= 4 is 40.3 Å². The third-order valence-electron chi connectivity index (χ3n) is 7.29. The first kappa shape index (κ1) is 26.2. The molecule has 0 spiro atoms. The van der Waals surface area contributed by atoms with Gasteiger partial charge in [-0.05, 0) is 85.8 Å². The Kier molecular flexibility index (Phi) is 7.44. The number of amides is 1. The maximum atomic E-state index is 15.6. The van der Waals surface area contributed by atoms with E-state index >= 15 is 4.39 Å². The number of carbonyl (C=O) groups excluding carboxylic acids is 1. The molecule has 1 fully saturated rings. The van der Waals surface area contributed by atoms with Crippen LogP contribution in [-0.4, -0.2) is 28.1 Å². The Morgan fingerprint density at radius 2 is 1.76 bits per heavy atom. The van der Waals surface area contributed by atoms with Crippen LogP contribution in [0.1, 0.15) is 63.1 Å². The number of halogens is 1. The van der Waals surface area contributed by atoms with Crippen molar-refractivity contribution in [3.05, 3.63) is 100 Å². The van der Waals surface area contributed by atoms with Crippen LogP contribution >= 0.6 is 11.8 Å². The number of nitrogens with zero attached hydrogens (tertiary/aromatic N) is 3. The van der Waals surface area contributed by atoms with E-state index in [1.807, 2.05) is 66.7 Å². The largest absolute Gasteiger partial charge is 0.366 e. The molecule has 3 aromatic rings. The highest BCUT2D eigenvalue weighted by Gasteiger charge is 2.37. The third-order valence-corrected chi connectivity index (χ3v) is 8.30. The van der Waals surface area contributed by atoms with Gasteiger partial charge in [-0.3, -0.25) is 9.69 Å². The summed E-state index contributed by atoms with van der Waals surface area (Å²) in [5.41, 5.74) is 4.31. The molecule has 0 aliphatic carbocycles. The lowest BCUT2D eigenvalue weighted by atomic mass is 9.79. The highest BCUT2D eigenvalue weighted by atomic mass is 32.2. The van der Waals surface area contributed by atoms with E-state index in [-0.39, 0.29) is 17.3 Å². The number of aliphatic imine (C=N–C) groups is 1. The molecule has 1 saturated heterocycles. The molecule has 1 amide bonds. The van der Waals surface area contributed by atoms with Crippen LogP contribution in [0, 0.1) is 5.82 Å². The molecule has 3 aromatic carbocycles. The number of thioether (sulfide) groups is 1. The van der Waals surface area contributed by atoms with Crippen LogP contribution in [0.3, 0.4) is 0 Å². The van der Waals surface area contributed by atoms with Crippen LogP contribution in [0.2, 0.25) is 0 Å². The first-order chi connectivity index (χ1) is 18.3. The number of fused-ring (bicyclic) bond motifs is 1. The van der Waals surface area contributed by atoms with Crippen LogP contribution < -0.4 is 4.90 Å². The van der Waals surface area contributed by atoms with Crippen LogP contribution in [0.15, 0.2) is 82.7 Å². The summed E-state index contributed by atoms with van der Waals surface area (Å²) < 4.78 is 15.6. The number of carbonyl (C=O) groups is 1. The lowest BCUT2D eigenvalue weighted by Gasteiger charge is -2.47. The summed E-state index contributed by atoms with van der Waals surface area (Å²) in [6, 6.07) is 23.1. The fraction of sp³-hybridized carbons (Fsp3) is 0.312. The van der Waals surface area contributed by atoms with Crippen molar-refractivity contribution < 1.29 is 9.18 Å². The molecule has 0 saturated carbocycles. The fourth-order valence-electron chi connectivity index (χ4n) is 5.53. The molecule has 2 aliphatic rings. The Hall–Kier alpha value is -3.38. The molecule has 0 radical (unpaired) electrons. The van der Waals surface area contributed by atoms with Crippen LogP contribution in [0.5, 0.6) is 0 Å². The minimum Gasteiger partial charge on any atom is -0.366 e. The number of hydrogen-bond donors (Lipinski definition) is 0. The van der Waals surface area contributed by atoms with Gasteiger partial charge in [0, 0.05) is 23.3 Å². The molecule has 0 N–H and O–H groups in total. The zero-order chi connectivity index (χ0) is 26.9. The van der Waals surface area contributed by atoms with Crippen molar-refractivity contribution in [2.75, 3.05) is 11.4 Å². The molecule has 196 valence electrons. The van der Waals surface area contributed by atoms with Crippen molar-refractivity contribution in [1.82, 2.24) is 4.90 Å². The number of hydrogen-bond acceptors (Lipinski definition) is 4. The van der Waals surface area contributed by atoms with Gasteiger partial charge >= 0.3 is 0 Å². The monoisotopic (exact) mass is 527 g/mol. The molecule has 2 heterocycles. The molecule has 0 bridgehead atoms. The molecular formula is C32H34FN3OS. The van der Waals surface area contributed by atoms with E-state index in [4.69, 9.17) is 4.99 Å². The average Bonchev–Trinajstić information content (AvgIpc) is 3.17. The molecule has 38 heavy (non-hydrogen) atoms. The lowest BCUT2D eigenvalue weighted by molar-refractivity contribution is -0.122. The quantitative estimate of drug-likeness (QED) is 0.304. The number of para-hydroxylation sites is 1. The Morgan fingerprint density at radius 3 is 2.45 bits per heavy atom. The summed E-state index contributed by atoms with van der Waals surface area (Å²) >= 11 is 1.30. The topological polar surface area (TPSA) is 35.9 Å². The van der Waals surface area contributed by atoms with Gasteiger partial charge < -0.3 is 4.90 Å². The predicted molar refractivity (Wildman–Crippen MR) is 157 cm³/mol. The van der Waals surface area contributed by atoms with Gasteiger partial charge in [-0.2, -0.15) is 0 Å². The maximum Gasteiger partial charge on any atom is 0.267 e. The second-order valence-electron chi connectivity index (χ2n) is 10.7. The van der Waals surface area contributed by atoms with Crippen molar-refractivity contribution in [2.24, 2.45) is 4.99 Å². The van der Waals surface area contributed by atoms with Crippen molar-refractivity contribution in [2.45, 2.75) is 58.5 Å². The number of anilines is 1. The van der Waals surface area contributed by atoms with Gasteiger partial charge in [0.05, 0.1) is 17.1 Å². The first-order valence-electron chi connectivity index (χ1n) is 13.3. The smallest absolute Gasteiger partial charge is 0.267 e. The van der Waals surface area contributed by atoms with Crippen molar-refractivity contribution in [1.29, 1.82) is 0 Å². The highest BCUT2D eigenvalue weighted by Crippen LogP contribution is 2.45. The fourth-order valence-corrected chi connectivity index (χ4v) is 6.52. The van der Waals surface area contributed by atoms with Crippen LogP contribution in [0.4, 0.5) is 15.8 Å². The summed E-state index contributed by atoms with van der Waals surface area (Å²) in [5.74, 6) is -0.172. The Labute approximate surface area is 229 Å². The molecule has 1 atom stereocenters. The minimum atomic E-state index is -0.307. The van der Waals surface area contributed by atoms with Gasteiger partial charge in [0.25, 0.3) is 5.91 Å². The van der Waals surface area contributed by atoms with Crippen LogP contribution in [0.25, 0.3) is 6.08 Å². The second-order valence-corrected chi connectivity index (χ2v) is 11.7. The molecular weight excluding hydrogens is 493 g/mol. The van der Waals surface area contributed by atoms with E-state index in [0.717, 1.165) is 41.9 Å². The molecule has 0 aromatic heterocycles. The first-order valence-corrected chi connectivity index (χ1v) is 14.1. The Bertz CT molecular complexity index is 1380. The standard InChI is InChI=1S/C32H34FN3OS/c1-5-16-36-28-19-27(33)24(17-26(28)22(2)20-32(36,3)4)18-29-30(37)35(21-23-12-8-6-9-13-23)31(38-29)34-25-14-10-7-11-15-25/h6-15,17-19,22H,5,16,20-21H2,1-4H3/b29-18+,34-31?. The number of rotatable bonds is 6. The molecule has 5 rings (SSSR count). The van der Waals surface area contributed by atoms with Gasteiger partial charge in [0.15, 0.2) is 5.17 Å². The number of benzene rings is 3. The van der Waals surface area contributed by atoms with E-state index in [2.05, 4.69) is 32.6 Å². The predicted octanol–water partition coefficient (Wildman–Crippen LogP) is 8.13. The molecule has 1 unspecified atom stereocenters. The van der Waals surface area contributed by atoms with Gasteiger partial charge in [-0.25, -0.2) is 9.38 Å². The molecule has 2 aliphatic heterocycles. The maximum absolute atomic E-state index is 15.6. The highest BCUT2D eigenvalue weighted by molar-refractivity contribution is 8.18. The second kappa shape index (κ2) is 10.8. The Balaban J connectivity index is 1.53. The number of amidine groups is 1. The average molecular weight is 528 g/mol. The van der Waals surface area contributed by atoms with Gasteiger partial charge in [0.2, 0.25) is 0 Å². The zero-order valence-electron chi connectivity index (χ0n) is 22.4. The van der Waals surface area contributed by atoms with E-state index in [1.54, 1.807) is 17.0 Å². The summed E-state index contributed by atoms with van der Waals surface area (Å²) in [5, 5.41) is 0.596. The lowest BCUT2D eigenvalue weighted by Crippen LogP contribution is -2.48. The third kappa shape index (κ3) is 5.28. The molecule has 6 heteroatoms. The zero-order valence-corrected chi connectivity index (χ0v) is 23.3. The SMILES string of the molecule is CCCN1c2cc(F)c(/C=C3/SC(=Nc4ccccc4)N(Cc4ccccc4)C3=O)cc2C(C)CC1(C)C. The minimum absolute atomic E-state index is 0.0349. The van der Waals surface area contributed by atoms with Gasteiger partial charge in [-0.15, -0.1) is 0 Å². The van der Waals surface area contributed by atoms with E-state index < -0.39 is 0 Å². The van der Waals surface area contributed by atoms with E-state index in [9.17, 15) is 4.79 Å². The molecule has 4 nitrogen and oxygen atoms in total. The van der Waals surface area contributed by atoms with E-state index in [0.29, 0.717) is 28.1 Å². The van der Waals surface area contributed by atoms with E-state index in [1.165, 1.54) is 11.8 Å².